The Morgan fingerprint density at radius 3 is 2.71 bits per heavy atom. The van der Waals surface area contributed by atoms with Crippen LogP contribution in [0.25, 0.3) is 0 Å². The minimum Gasteiger partial charge on any atom is -0.335 e. The van der Waals surface area contributed by atoms with Gasteiger partial charge in [0.15, 0.2) is 0 Å². The molecular weight excluding hydrogens is 375 g/mol. The lowest BCUT2D eigenvalue weighted by atomic mass is 9.83. The molecule has 2 atom stereocenters. The normalized spacial score (nSPS) is 22.7. The van der Waals surface area contributed by atoms with Crippen LogP contribution in [0.4, 0.5) is 4.39 Å². The zero-order valence-corrected chi connectivity index (χ0v) is 16.7. The number of piperidine rings is 2. The van der Waals surface area contributed by atoms with Crippen LogP contribution in [0.1, 0.15) is 35.2 Å². The highest BCUT2D eigenvalue weighted by molar-refractivity contribution is 6.31. The van der Waals surface area contributed by atoms with E-state index in [-0.39, 0.29) is 17.0 Å². The van der Waals surface area contributed by atoms with Gasteiger partial charge in [0.2, 0.25) is 0 Å². The summed E-state index contributed by atoms with van der Waals surface area (Å²) in [6, 6.07) is 15.2. The topological polar surface area (TPSA) is 23.6 Å². The lowest BCUT2D eigenvalue weighted by Gasteiger charge is -2.47. The van der Waals surface area contributed by atoms with E-state index < -0.39 is 5.82 Å². The molecule has 0 aromatic heterocycles. The van der Waals surface area contributed by atoms with Gasteiger partial charge in [0.05, 0.1) is 5.02 Å². The van der Waals surface area contributed by atoms with Crippen LogP contribution in [-0.2, 0) is 6.42 Å². The highest BCUT2D eigenvalue weighted by atomic mass is 35.5. The molecule has 0 unspecified atom stereocenters. The third kappa shape index (κ3) is 4.23. The summed E-state index contributed by atoms with van der Waals surface area (Å²) in [5.74, 6) is 0.00828. The zero-order valence-electron chi connectivity index (χ0n) is 16.0. The van der Waals surface area contributed by atoms with Crippen LogP contribution in [-0.4, -0.2) is 47.9 Å². The molecule has 0 spiro atoms. The molecule has 2 saturated heterocycles. The van der Waals surface area contributed by atoms with Gasteiger partial charge >= 0.3 is 0 Å². The number of carbonyl (C=O) groups excluding carboxylic acids is 1. The summed E-state index contributed by atoms with van der Waals surface area (Å²) in [6.07, 6.45) is 4.25. The smallest absolute Gasteiger partial charge is 0.254 e. The predicted molar refractivity (Wildman–Crippen MR) is 110 cm³/mol. The van der Waals surface area contributed by atoms with E-state index in [1.807, 2.05) is 4.90 Å². The van der Waals surface area contributed by atoms with E-state index >= 15 is 0 Å². The van der Waals surface area contributed by atoms with Crippen molar-refractivity contribution in [3.05, 3.63) is 70.5 Å². The lowest BCUT2D eigenvalue weighted by Crippen LogP contribution is -2.55. The maximum Gasteiger partial charge on any atom is 0.254 e. The second-order valence-corrected chi connectivity index (χ2v) is 8.33. The Hall–Kier alpha value is -1.91. The molecule has 0 N–H and O–H groups in total. The molecule has 0 radical (unpaired) electrons. The Bertz CT molecular complexity index is 829. The van der Waals surface area contributed by atoms with Crippen molar-refractivity contribution in [3.63, 3.8) is 0 Å². The first-order valence-corrected chi connectivity index (χ1v) is 10.5. The van der Waals surface area contributed by atoms with Crippen LogP contribution < -0.4 is 0 Å². The minimum absolute atomic E-state index is 0.00939. The Balaban J connectivity index is 1.39. The molecule has 4 rings (SSSR count). The number of carbonyl (C=O) groups is 1. The summed E-state index contributed by atoms with van der Waals surface area (Å²) in [5.41, 5.74) is 1.86. The molecule has 2 aromatic carbocycles. The van der Waals surface area contributed by atoms with Crippen molar-refractivity contribution in [2.75, 3.05) is 26.2 Å². The monoisotopic (exact) mass is 400 g/mol. The van der Waals surface area contributed by atoms with Gasteiger partial charge in [-0.1, -0.05) is 41.9 Å². The van der Waals surface area contributed by atoms with Crippen LogP contribution in [0.2, 0.25) is 5.02 Å². The van der Waals surface area contributed by atoms with Gasteiger partial charge in [-0.3, -0.25) is 4.79 Å². The number of likely N-dealkylation sites (tertiary alicyclic amines) is 2. The molecule has 2 aliphatic heterocycles. The minimum atomic E-state index is -0.485. The van der Waals surface area contributed by atoms with Gasteiger partial charge in [-0.2, -0.15) is 0 Å². The van der Waals surface area contributed by atoms with E-state index in [0.717, 1.165) is 45.4 Å². The first kappa shape index (κ1) is 19.4. The second-order valence-electron chi connectivity index (χ2n) is 7.92. The Labute approximate surface area is 171 Å². The van der Waals surface area contributed by atoms with E-state index in [2.05, 4.69) is 35.2 Å². The number of benzene rings is 2. The van der Waals surface area contributed by atoms with E-state index in [0.29, 0.717) is 11.5 Å². The van der Waals surface area contributed by atoms with Crippen molar-refractivity contribution in [3.8, 4) is 0 Å². The third-order valence-electron chi connectivity index (χ3n) is 6.14. The molecule has 3 nitrogen and oxygen atoms in total. The summed E-state index contributed by atoms with van der Waals surface area (Å²) in [6.45, 7) is 3.90. The summed E-state index contributed by atoms with van der Waals surface area (Å²) >= 11 is 5.89. The highest BCUT2D eigenvalue weighted by Crippen LogP contribution is 2.32. The number of fused-ring (bicyclic) bond motifs is 1. The third-order valence-corrected chi connectivity index (χ3v) is 6.43. The molecule has 2 aromatic rings. The molecule has 2 aliphatic rings. The van der Waals surface area contributed by atoms with E-state index in [1.165, 1.54) is 24.1 Å². The fourth-order valence-electron chi connectivity index (χ4n) is 4.66. The van der Waals surface area contributed by atoms with Crippen LogP contribution in [0.3, 0.4) is 0 Å². The fourth-order valence-corrected chi connectivity index (χ4v) is 4.84. The molecule has 2 fully saturated rings. The molecule has 5 heteroatoms. The number of hydrogen-bond acceptors (Lipinski definition) is 2. The van der Waals surface area contributed by atoms with Crippen molar-refractivity contribution in [2.24, 2.45) is 5.92 Å². The molecule has 148 valence electrons. The standard InChI is InChI=1S/C23H26ClFN2O/c24-20-15-18(8-9-21(20)25)23(28)27-12-4-7-19-16-26(14-11-22(19)27)13-10-17-5-2-1-3-6-17/h1-3,5-6,8-9,15,19,22H,4,7,10-14,16H2/t19-,22+/m1/s1. The summed E-state index contributed by atoms with van der Waals surface area (Å²) in [5, 5.41) is 0.00939. The summed E-state index contributed by atoms with van der Waals surface area (Å²) < 4.78 is 13.4. The van der Waals surface area contributed by atoms with Crippen LogP contribution in [0.15, 0.2) is 48.5 Å². The first-order valence-electron chi connectivity index (χ1n) is 10.1. The number of rotatable bonds is 4. The average molecular weight is 401 g/mol. The maximum atomic E-state index is 13.4. The quantitative estimate of drug-likeness (QED) is 0.745. The first-order chi connectivity index (χ1) is 13.6. The van der Waals surface area contributed by atoms with E-state index in [4.69, 9.17) is 11.6 Å². The summed E-state index contributed by atoms with van der Waals surface area (Å²) in [4.78, 5) is 17.6. The lowest BCUT2D eigenvalue weighted by molar-refractivity contribution is 0.0204. The predicted octanol–water partition coefficient (Wildman–Crippen LogP) is 4.65. The molecule has 1 amide bonds. The Morgan fingerprint density at radius 1 is 1.11 bits per heavy atom. The van der Waals surface area contributed by atoms with Gasteiger partial charge in [0.1, 0.15) is 5.82 Å². The molecule has 2 heterocycles. The number of hydrogen-bond donors (Lipinski definition) is 0. The van der Waals surface area contributed by atoms with Gasteiger partial charge in [0, 0.05) is 37.8 Å². The zero-order chi connectivity index (χ0) is 19.5. The number of halogens is 2. The van der Waals surface area contributed by atoms with Crippen LogP contribution in [0.5, 0.6) is 0 Å². The number of amides is 1. The molecule has 28 heavy (non-hydrogen) atoms. The van der Waals surface area contributed by atoms with Crippen molar-refractivity contribution >= 4 is 17.5 Å². The van der Waals surface area contributed by atoms with Crippen molar-refractivity contribution in [1.82, 2.24) is 9.80 Å². The molecule has 0 saturated carbocycles. The molecular formula is C23H26ClFN2O. The number of nitrogens with zero attached hydrogens (tertiary/aromatic N) is 2. The fraction of sp³-hybridized carbons (Fsp3) is 0.435. The van der Waals surface area contributed by atoms with E-state index in [9.17, 15) is 9.18 Å². The van der Waals surface area contributed by atoms with Crippen molar-refractivity contribution in [2.45, 2.75) is 31.7 Å². The Kier molecular flexibility index (Phi) is 5.98. The van der Waals surface area contributed by atoms with Crippen LogP contribution in [0, 0.1) is 11.7 Å². The molecule has 0 aliphatic carbocycles. The highest BCUT2D eigenvalue weighted by Gasteiger charge is 2.38. The van der Waals surface area contributed by atoms with Crippen molar-refractivity contribution < 1.29 is 9.18 Å². The SMILES string of the molecule is O=C(c1ccc(F)c(Cl)c1)N1CCC[C@@H]2CN(CCc3ccccc3)CC[C@@H]21. The summed E-state index contributed by atoms with van der Waals surface area (Å²) in [7, 11) is 0. The second kappa shape index (κ2) is 8.62. The Morgan fingerprint density at radius 2 is 1.93 bits per heavy atom. The van der Waals surface area contributed by atoms with Gasteiger partial charge in [0.25, 0.3) is 5.91 Å². The van der Waals surface area contributed by atoms with Crippen LogP contribution >= 0.6 is 11.6 Å². The van der Waals surface area contributed by atoms with Gasteiger partial charge in [-0.15, -0.1) is 0 Å². The van der Waals surface area contributed by atoms with Gasteiger partial charge in [-0.05, 0) is 55.4 Å². The average Bonchev–Trinajstić information content (AvgIpc) is 2.74. The largest absolute Gasteiger partial charge is 0.335 e. The van der Waals surface area contributed by atoms with Gasteiger partial charge in [-0.25, -0.2) is 4.39 Å². The molecule has 0 bridgehead atoms. The maximum absolute atomic E-state index is 13.4. The van der Waals surface area contributed by atoms with Gasteiger partial charge < -0.3 is 9.80 Å². The van der Waals surface area contributed by atoms with Crippen molar-refractivity contribution in [1.29, 1.82) is 0 Å². The van der Waals surface area contributed by atoms with E-state index in [1.54, 1.807) is 6.07 Å².